The molecule has 1 aliphatic rings. The number of amides is 5. The number of carboxylic acids is 1. The second-order valence-corrected chi connectivity index (χ2v) is 16.7. The van der Waals surface area contributed by atoms with E-state index < -0.39 is 42.2 Å². The standard InChI is InChI=1S/C49H62N8O9/c1-5-39(6-2)57(25-24-56(4)43(59)22-23-44(60)61)29-35-8-7-9-37(26-35)48(64)52-40-20-21-42(66-31-34-10-11-34)54-45(40)49(65)51-38-18-14-33(15-19-38)28-55(3)27-32-12-16-36(17-13-32)47(63)53-41(30-58)46(50)62/h7-9,12-21,26,34,39,41,58H,5-6,10-11,22-25,27-31H2,1-4H3,(H2,50,62)(H,51,65)(H,52,64)(H,53,63)(H,60,61)/t41-/m0/s1. The lowest BCUT2D eigenvalue weighted by atomic mass is 10.1. The summed E-state index contributed by atoms with van der Waals surface area (Å²) in [5.74, 6) is -2.81. The number of carbonyl (C=O) groups is 6. The van der Waals surface area contributed by atoms with Crippen LogP contribution in [0.2, 0.25) is 0 Å². The topological polar surface area (TPSA) is 237 Å². The first-order valence-electron chi connectivity index (χ1n) is 22.3. The van der Waals surface area contributed by atoms with Gasteiger partial charge in [0.2, 0.25) is 17.7 Å². The highest BCUT2D eigenvalue weighted by Crippen LogP contribution is 2.30. The number of nitrogens with one attached hydrogen (secondary N) is 3. The Labute approximate surface area is 385 Å². The Balaban J connectivity index is 1.22. The van der Waals surface area contributed by atoms with E-state index in [0.717, 1.165) is 42.4 Å². The van der Waals surface area contributed by atoms with Gasteiger partial charge in [-0.1, -0.05) is 50.2 Å². The molecule has 0 bridgehead atoms. The summed E-state index contributed by atoms with van der Waals surface area (Å²) in [6, 6.07) is 23.8. The molecule has 5 rings (SSSR count). The largest absolute Gasteiger partial charge is 0.481 e. The quantitative estimate of drug-likeness (QED) is 0.0494. The molecular formula is C49H62N8O9. The predicted octanol–water partition coefficient (Wildman–Crippen LogP) is 4.90. The van der Waals surface area contributed by atoms with Crippen molar-refractivity contribution in [2.24, 2.45) is 11.7 Å². The molecule has 1 atom stereocenters. The van der Waals surface area contributed by atoms with Crippen molar-refractivity contribution in [2.45, 2.75) is 84.1 Å². The van der Waals surface area contributed by atoms with Crippen molar-refractivity contribution < 1.29 is 43.7 Å². The summed E-state index contributed by atoms with van der Waals surface area (Å²) < 4.78 is 5.91. The van der Waals surface area contributed by atoms with Crippen LogP contribution in [0.1, 0.15) is 100 Å². The highest BCUT2D eigenvalue weighted by molar-refractivity contribution is 6.11. The third-order valence-electron chi connectivity index (χ3n) is 11.4. The normalized spacial score (nSPS) is 12.7. The summed E-state index contributed by atoms with van der Waals surface area (Å²) in [5.41, 5.74) is 9.46. The zero-order valence-electron chi connectivity index (χ0n) is 38.1. The summed E-state index contributed by atoms with van der Waals surface area (Å²) in [6.45, 7) is 6.77. The number of rotatable bonds is 26. The fraction of sp³-hybridized carbons (Fsp3) is 0.408. The van der Waals surface area contributed by atoms with Gasteiger partial charge in [0.05, 0.1) is 25.3 Å². The maximum Gasteiger partial charge on any atom is 0.303 e. The van der Waals surface area contributed by atoms with Crippen molar-refractivity contribution in [3.05, 3.63) is 118 Å². The molecule has 17 heteroatoms. The van der Waals surface area contributed by atoms with Gasteiger partial charge >= 0.3 is 5.97 Å². The molecule has 7 N–H and O–H groups in total. The number of carbonyl (C=O) groups excluding carboxylic acids is 5. The molecule has 17 nitrogen and oxygen atoms in total. The van der Waals surface area contributed by atoms with Crippen LogP contribution in [0.5, 0.6) is 5.88 Å². The molecule has 0 radical (unpaired) electrons. The van der Waals surface area contributed by atoms with Gasteiger partial charge in [0, 0.05) is 75.1 Å². The molecule has 1 heterocycles. The number of likely N-dealkylation sites (N-methyl/N-ethyl adjacent to an activating group) is 1. The third kappa shape index (κ3) is 15.5. The molecule has 66 heavy (non-hydrogen) atoms. The van der Waals surface area contributed by atoms with E-state index in [2.05, 4.69) is 44.6 Å². The number of primary amides is 1. The van der Waals surface area contributed by atoms with Crippen molar-refractivity contribution in [2.75, 3.05) is 51.0 Å². The fourth-order valence-corrected chi connectivity index (χ4v) is 7.30. The number of nitrogens with zero attached hydrogens (tertiary/aromatic N) is 4. The molecule has 352 valence electrons. The number of aliphatic carboxylic acids is 1. The Bertz CT molecular complexity index is 2300. The van der Waals surface area contributed by atoms with Gasteiger partial charge in [0.1, 0.15) is 6.04 Å². The van der Waals surface area contributed by atoms with E-state index in [1.807, 2.05) is 49.5 Å². The number of pyridine rings is 1. The number of hydrogen-bond donors (Lipinski definition) is 6. The zero-order valence-corrected chi connectivity index (χ0v) is 38.1. The van der Waals surface area contributed by atoms with Gasteiger partial charge in [-0.2, -0.15) is 0 Å². The van der Waals surface area contributed by atoms with Gasteiger partial charge in [0.25, 0.3) is 17.7 Å². The number of aromatic nitrogens is 1. The lowest BCUT2D eigenvalue weighted by Gasteiger charge is -2.32. The smallest absolute Gasteiger partial charge is 0.303 e. The fourth-order valence-electron chi connectivity index (χ4n) is 7.30. The SMILES string of the molecule is CCC(CC)N(CCN(C)C(=O)CCC(=O)O)Cc1cccc(C(=O)Nc2ccc(OCC3CC3)nc2C(=O)Nc2ccc(CN(C)Cc3ccc(C(=O)N[C@@H](CO)C(N)=O)cc3)cc2)c1. The molecule has 0 aliphatic heterocycles. The summed E-state index contributed by atoms with van der Waals surface area (Å²) in [6.07, 6.45) is 3.64. The number of hydrogen-bond acceptors (Lipinski definition) is 11. The van der Waals surface area contributed by atoms with Crippen LogP contribution >= 0.6 is 0 Å². The summed E-state index contributed by atoms with van der Waals surface area (Å²) in [4.78, 5) is 85.6. The Morgan fingerprint density at radius 1 is 0.773 bits per heavy atom. The Morgan fingerprint density at radius 3 is 2.05 bits per heavy atom. The molecule has 5 amide bonds. The Morgan fingerprint density at radius 2 is 1.44 bits per heavy atom. The second-order valence-electron chi connectivity index (χ2n) is 16.7. The molecular weight excluding hydrogens is 845 g/mol. The first kappa shape index (κ1) is 50.3. The van der Waals surface area contributed by atoms with E-state index >= 15 is 0 Å². The van der Waals surface area contributed by atoms with E-state index in [9.17, 15) is 33.9 Å². The Hall–Kier alpha value is -6.69. The number of ether oxygens (including phenoxy) is 1. The number of benzene rings is 3. The van der Waals surface area contributed by atoms with E-state index in [1.165, 1.54) is 0 Å². The molecule has 0 spiro atoms. The summed E-state index contributed by atoms with van der Waals surface area (Å²) >= 11 is 0. The van der Waals surface area contributed by atoms with Gasteiger partial charge in [-0.25, -0.2) is 4.98 Å². The Kier molecular flexibility index (Phi) is 18.7. The highest BCUT2D eigenvalue weighted by atomic mass is 16.5. The second kappa shape index (κ2) is 24.6. The van der Waals surface area contributed by atoms with E-state index in [-0.39, 0.29) is 42.1 Å². The molecule has 1 saturated carbocycles. The van der Waals surface area contributed by atoms with Crippen LogP contribution in [0.4, 0.5) is 11.4 Å². The maximum absolute atomic E-state index is 13.9. The van der Waals surface area contributed by atoms with Gasteiger partial charge in [-0.3, -0.25) is 38.6 Å². The molecule has 0 saturated heterocycles. The van der Waals surface area contributed by atoms with E-state index in [4.69, 9.17) is 15.6 Å². The van der Waals surface area contributed by atoms with Crippen molar-refractivity contribution in [1.29, 1.82) is 0 Å². The summed E-state index contributed by atoms with van der Waals surface area (Å²) in [5, 5.41) is 26.5. The van der Waals surface area contributed by atoms with Crippen LogP contribution < -0.4 is 26.4 Å². The zero-order chi connectivity index (χ0) is 47.8. The van der Waals surface area contributed by atoms with Gasteiger partial charge < -0.3 is 41.5 Å². The number of aliphatic hydroxyl groups is 1. The average molecular weight is 907 g/mol. The molecule has 4 aromatic rings. The average Bonchev–Trinajstić information content (AvgIpc) is 4.14. The molecule has 1 aromatic heterocycles. The summed E-state index contributed by atoms with van der Waals surface area (Å²) in [7, 11) is 3.63. The highest BCUT2D eigenvalue weighted by Gasteiger charge is 2.24. The van der Waals surface area contributed by atoms with Crippen molar-refractivity contribution >= 4 is 46.9 Å². The number of anilines is 2. The minimum Gasteiger partial charge on any atom is -0.481 e. The van der Waals surface area contributed by atoms with E-state index in [1.54, 1.807) is 54.4 Å². The van der Waals surface area contributed by atoms with Gasteiger partial charge in [-0.15, -0.1) is 0 Å². The van der Waals surface area contributed by atoms with Crippen LogP contribution in [0.25, 0.3) is 0 Å². The van der Waals surface area contributed by atoms with Gasteiger partial charge in [0.15, 0.2) is 5.69 Å². The molecule has 0 unspecified atom stereocenters. The number of carboxylic acid groups (broad SMARTS) is 1. The minimum atomic E-state index is -1.17. The van der Waals surface area contributed by atoms with Gasteiger partial charge in [-0.05, 0) is 97.8 Å². The lowest BCUT2D eigenvalue weighted by Crippen LogP contribution is -2.46. The van der Waals surface area contributed by atoms with Crippen LogP contribution in [0.15, 0.2) is 84.9 Å². The maximum atomic E-state index is 13.9. The van der Waals surface area contributed by atoms with Crippen LogP contribution in [-0.2, 0) is 34.0 Å². The third-order valence-corrected chi connectivity index (χ3v) is 11.4. The molecule has 3 aromatic carbocycles. The monoisotopic (exact) mass is 906 g/mol. The first-order chi connectivity index (χ1) is 31.6. The number of nitrogens with two attached hydrogens (primary N) is 1. The lowest BCUT2D eigenvalue weighted by molar-refractivity contribution is -0.140. The van der Waals surface area contributed by atoms with Crippen molar-refractivity contribution in [3.63, 3.8) is 0 Å². The predicted molar refractivity (Wildman–Crippen MR) is 250 cm³/mol. The first-order valence-corrected chi connectivity index (χ1v) is 22.3. The van der Waals surface area contributed by atoms with Crippen LogP contribution in [-0.4, -0.2) is 118 Å². The van der Waals surface area contributed by atoms with Crippen molar-refractivity contribution in [3.8, 4) is 5.88 Å². The molecule has 1 fully saturated rings. The molecule has 1 aliphatic carbocycles. The van der Waals surface area contributed by atoms with Crippen LogP contribution in [0, 0.1) is 5.92 Å². The van der Waals surface area contributed by atoms with Crippen molar-refractivity contribution in [1.82, 2.24) is 25.0 Å². The van der Waals surface area contributed by atoms with Crippen LogP contribution in [0.3, 0.4) is 0 Å². The minimum absolute atomic E-state index is 0.0110. The van der Waals surface area contributed by atoms with E-state index in [0.29, 0.717) is 62.1 Å². The number of aliphatic hydroxyl groups excluding tert-OH is 1.